The lowest BCUT2D eigenvalue weighted by Gasteiger charge is -2.22. The highest BCUT2D eigenvalue weighted by molar-refractivity contribution is 5.75. The van der Waals surface area contributed by atoms with E-state index < -0.39 is 5.91 Å². The van der Waals surface area contributed by atoms with Gasteiger partial charge in [-0.3, -0.25) is 10.0 Å². The van der Waals surface area contributed by atoms with Crippen molar-refractivity contribution in [2.75, 3.05) is 5.73 Å². The topological polar surface area (TPSA) is 127 Å². The van der Waals surface area contributed by atoms with Crippen LogP contribution in [0.2, 0.25) is 0 Å². The Bertz CT molecular complexity index is 725. The molecule has 1 saturated carbocycles. The summed E-state index contributed by atoms with van der Waals surface area (Å²) in [6, 6.07) is 3.45. The number of nitrogens with two attached hydrogens (primary N) is 1. The van der Waals surface area contributed by atoms with E-state index in [4.69, 9.17) is 15.5 Å². The Balaban J connectivity index is 1.64. The summed E-state index contributed by atoms with van der Waals surface area (Å²) in [5.74, 6) is 1.36. The van der Waals surface area contributed by atoms with Crippen LogP contribution in [0.5, 0.6) is 0 Å². The number of anilines is 1. The minimum atomic E-state index is -0.452. The Morgan fingerprint density at radius 2 is 2.15 bits per heavy atom. The number of carbonyl (C=O) groups is 1. The van der Waals surface area contributed by atoms with Gasteiger partial charge in [0.25, 0.3) is 0 Å². The molecule has 1 fully saturated rings. The molecule has 146 valence electrons. The molecular weight excluding hydrogens is 346 g/mol. The number of nitrogens with zero attached hydrogens (tertiary/aromatic N) is 3. The molecule has 27 heavy (non-hydrogen) atoms. The van der Waals surface area contributed by atoms with Gasteiger partial charge in [0.2, 0.25) is 17.6 Å². The second kappa shape index (κ2) is 9.45. The van der Waals surface area contributed by atoms with Crippen LogP contribution in [-0.2, 0) is 4.79 Å². The number of amides is 1. The van der Waals surface area contributed by atoms with Gasteiger partial charge in [-0.2, -0.15) is 4.98 Å². The second-order valence-corrected chi connectivity index (χ2v) is 7.30. The van der Waals surface area contributed by atoms with Crippen molar-refractivity contribution in [3.05, 3.63) is 24.2 Å². The number of rotatable bonds is 8. The van der Waals surface area contributed by atoms with Crippen molar-refractivity contribution in [3.8, 4) is 11.4 Å². The lowest BCUT2D eigenvalue weighted by atomic mass is 9.84. The monoisotopic (exact) mass is 373 g/mol. The van der Waals surface area contributed by atoms with E-state index in [9.17, 15) is 4.79 Å². The highest BCUT2D eigenvalue weighted by atomic mass is 16.5. The maximum absolute atomic E-state index is 11.7. The van der Waals surface area contributed by atoms with Crippen LogP contribution in [0.3, 0.4) is 0 Å². The summed E-state index contributed by atoms with van der Waals surface area (Å²) < 4.78 is 5.42. The number of aromatic nitrogens is 3. The van der Waals surface area contributed by atoms with Gasteiger partial charge in [0, 0.05) is 24.1 Å². The van der Waals surface area contributed by atoms with Crippen LogP contribution < -0.4 is 11.2 Å². The van der Waals surface area contributed by atoms with E-state index in [0.29, 0.717) is 23.1 Å². The van der Waals surface area contributed by atoms with E-state index in [-0.39, 0.29) is 12.3 Å². The first-order valence-electron chi connectivity index (χ1n) is 9.64. The van der Waals surface area contributed by atoms with Crippen molar-refractivity contribution in [1.82, 2.24) is 20.6 Å². The van der Waals surface area contributed by atoms with Crippen molar-refractivity contribution in [2.45, 2.75) is 63.7 Å². The molecule has 2 heterocycles. The number of nitrogen functional groups attached to an aromatic ring is 1. The number of carbonyl (C=O) groups excluding carboxylic acids is 1. The van der Waals surface area contributed by atoms with Gasteiger partial charge in [0.05, 0.1) is 0 Å². The molecule has 0 saturated heterocycles. The Labute approximate surface area is 158 Å². The van der Waals surface area contributed by atoms with Crippen molar-refractivity contribution in [1.29, 1.82) is 0 Å². The average Bonchev–Trinajstić information content (AvgIpc) is 3.18. The largest absolute Gasteiger partial charge is 0.384 e. The van der Waals surface area contributed by atoms with E-state index in [2.05, 4.69) is 15.1 Å². The molecule has 0 spiro atoms. The summed E-state index contributed by atoms with van der Waals surface area (Å²) in [5.41, 5.74) is 8.00. The molecule has 0 radical (unpaired) electrons. The van der Waals surface area contributed by atoms with Crippen LogP contribution >= 0.6 is 0 Å². The van der Waals surface area contributed by atoms with Crippen LogP contribution in [-0.4, -0.2) is 26.2 Å². The fourth-order valence-corrected chi connectivity index (χ4v) is 3.77. The summed E-state index contributed by atoms with van der Waals surface area (Å²) in [5, 5.41) is 12.9. The molecule has 0 aromatic carbocycles. The van der Waals surface area contributed by atoms with Gasteiger partial charge in [-0.05, 0) is 24.5 Å². The van der Waals surface area contributed by atoms with Crippen molar-refractivity contribution in [2.24, 2.45) is 5.92 Å². The van der Waals surface area contributed by atoms with Gasteiger partial charge >= 0.3 is 0 Å². The molecule has 0 aliphatic heterocycles. The van der Waals surface area contributed by atoms with Gasteiger partial charge in [-0.25, -0.2) is 10.5 Å². The van der Waals surface area contributed by atoms with Crippen LogP contribution in [0.1, 0.15) is 69.6 Å². The average molecular weight is 373 g/mol. The number of hydroxylamine groups is 1. The Morgan fingerprint density at radius 1 is 1.33 bits per heavy atom. The lowest BCUT2D eigenvalue weighted by molar-refractivity contribution is -0.129. The van der Waals surface area contributed by atoms with Crippen LogP contribution in [0, 0.1) is 5.92 Å². The van der Waals surface area contributed by atoms with Crippen molar-refractivity contribution >= 4 is 11.7 Å². The maximum atomic E-state index is 11.7. The Morgan fingerprint density at radius 3 is 2.85 bits per heavy atom. The lowest BCUT2D eigenvalue weighted by Crippen LogP contribution is -2.21. The van der Waals surface area contributed by atoms with E-state index in [0.717, 1.165) is 25.2 Å². The first-order chi connectivity index (χ1) is 13.2. The molecule has 2 aromatic rings. The summed E-state index contributed by atoms with van der Waals surface area (Å²) in [4.78, 5) is 20.2. The van der Waals surface area contributed by atoms with E-state index in [1.165, 1.54) is 32.1 Å². The SMILES string of the molecule is Nc1ccc(-c2noc(C(CCCC3CCCCC3)CC(=O)NO)n2)cn1. The Kier molecular flexibility index (Phi) is 6.75. The maximum Gasteiger partial charge on any atom is 0.244 e. The molecule has 8 heteroatoms. The van der Waals surface area contributed by atoms with Gasteiger partial charge in [-0.1, -0.05) is 50.1 Å². The molecule has 3 rings (SSSR count). The third-order valence-electron chi connectivity index (χ3n) is 5.28. The highest BCUT2D eigenvalue weighted by Gasteiger charge is 2.23. The molecule has 2 aromatic heterocycles. The summed E-state index contributed by atoms with van der Waals surface area (Å²) in [6.45, 7) is 0. The molecule has 4 N–H and O–H groups in total. The standard InChI is InChI=1S/C19H27N5O3/c20-16-10-9-15(12-21-16)18-22-19(27-24-18)14(11-17(25)23-26)8-4-7-13-5-2-1-3-6-13/h9-10,12-14,26H,1-8,11H2,(H2,20,21)(H,23,25). The predicted molar refractivity (Wildman–Crippen MR) is 99.7 cm³/mol. The van der Waals surface area contributed by atoms with Crippen molar-refractivity contribution < 1.29 is 14.5 Å². The molecule has 1 atom stereocenters. The fourth-order valence-electron chi connectivity index (χ4n) is 3.77. The zero-order valence-electron chi connectivity index (χ0n) is 15.4. The van der Waals surface area contributed by atoms with E-state index in [1.807, 2.05) is 0 Å². The van der Waals surface area contributed by atoms with Crippen LogP contribution in [0.25, 0.3) is 11.4 Å². The van der Waals surface area contributed by atoms with E-state index in [1.54, 1.807) is 23.8 Å². The summed E-state index contributed by atoms with van der Waals surface area (Å²) >= 11 is 0. The second-order valence-electron chi connectivity index (χ2n) is 7.30. The molecular formula is C19H27N5O3. The smallest absolute Gasteiger partial charge is 0.244 e. The van der Waals surface area contributed by atoms with Gasteiger partial charge in [-0.15, -0.1) is 0 Å². The molecule has 8 nitrogen and oxygen atoms in total. The highest BCUT2D eigenvalue weighted by Crippen LogP contribution is 2.31. The quantitative estimate of drug-likeness (QED) is 0.477. The predicted octanol–water partition coefficient (Wildman–Crippen LogP) is 3.44. The number of nitrogens with one attached hydrogen (secondary N) is 1. The van der Waals surface area contributed by atoms with E-state index >= 15 is 0 Å². The first-order valence-corrected chi connectivity index (χ1v) is 9.64. The number of hydrogen-bond donors (Lipinski definition) is 3. The minimum Gasteiger partial charge on any atom is -0.384 e. The van der Waals surface area contributed by atoms with Gasteiger partial charge < -0.3 is 10.3 Å². The normalized spacial score (nSPS) is 16.2. The molecule has 1 unspecified atom stereocenters. The van der Waals surface area contributed by atoms with Gasteiger partial charge in [0.1, 0.15) is 5.82 Å². The number of hydrogen-bond acceptors (Lipinski definition) is 7. The molecule has 1 amide bonds. The zero-order chi connectivity index (χ0) is 19.1. The number of pyridine rings is 1. The molecule has 1 aliphatic rings. The third kappa shape index (κ3) is 5.50. The van der Waals surface area contributed by atoms with Crippen LogP contribution in [0.15, 0.2) is 22.9 Å². The van der Waals surface area contributed by atoms with Crippen LogP contribution in [0.4, 0.5) is 5.82 Å². The van der Waals surface area contributed by atoms with Crippen molar-refractivity contribution in [3.63, 3.8) is 0 Å². The molecule has 1 aliphatic carbocycles. The summed E-state index contributed by atoms with van der Waals surface area (Å²) in [6.07, 6.45) is 11.2. The Hall–Kier alpha value is -2.48. The zero-order valence-corrected chi connectivity index (χ0v) is 15.4. The summed E-state index contributed by atoms with van der Waals surface area (Å²) in [7, 11) is 0. The fraction of sp³-hybridized carbons (Fsp3) is 0.579. The van der Waals surface area contributed by atoms with Gasteiger partial charge in [0.15, 0.2) is 0 Å². The minimum absolute atomic E-state index is 0.114. The first kappa shape index (κ1) is 19.3. The third-order valence-corrected chi connectivity index (χ3v) is 5.28. The molecule has 0 bridgehead atoms.